The van der Waals surface area contributed by atoms with Gasteiger partial charge in [-0.25, -0.2) is 0 Å². The lowest BCUT2D eigenvalue weighted by molar-refractivity contribution is -0.0510. The smallest absolute Gasteiger partial charge is 0.370 e. The molecule has 2 aromatic rings. The van der Waals surface area contributed by atoms with E-state index in [0.29, 0.717) is 0 Å². The summed E-state index contributed by atoms with van der Waals surface area (Å²) in [5, 5.41) is 0. The predicted octanol–water partition coefficient (Wildman–Crippen LogP) is 3.97. The van der Waals surface area contributed by atoms with Crippen molar-refractivity contribution in [1.29, 1.82) is 0 Å². The summed E-state index contributed by atoms with van der Waals surface area (Å²) < 4.78 is 59.7. The maximum absolute atomic E-state index is 10.7. The summed E-state index contributed by atoms with van der Waals surface area (Å²) in [6.07, 6.45) is 8.73. The Morgan fingerprint density at radius 2 is 1.70 bits per heavy atom. The minimum Gasteiger partial charge on any atom is -0.370 e. The molecule has 3 rings (SSSR count). The van der Waals surface area contributed by atoms with Gasteiger partial charge in [-0.05, 0) is 29.8 Å². The molecule has 0 aliphatic carbocycles. The van der Waals surface area contributed by atoms with Crippen molar-refractivity contribution in [3.8, 4) is 0 Å². The number of rotatable bonds is 2. The molecule has 1 aromatic carbocycles. The first-order chi connectivity index (χ1) is 12.5. The van der Waals surface area contributed by atoms with E-state index in [-0.39, 0.29) is 0 Å². The number of aryl methyl sites for hydroxylation is 1. The van der Waals surface area contributed by atoms with Crippen molar-refractivity contribution in [3.05, 3.63) is 66.0 Å². The van der Waals surface area contributed by atoms with Crippen LogP contribution < -0.4 is 4.90 Å². The van der Waals surface area contributed by atoms with Crippen LogP contribution in [0.2, 0.25) is 0 Å². The van der Waals surface area contributed by atoms with Gasteiger partial charge in [0.25, 0.3) is 0 Å². The summed E-state index contributed by atoms with van der Waals surface area (Å²) in [5.41, 5.74) is -0.405. The molecule has 1 aliphatic heterocycles. The van der Waals surface area contributed by atoms with Crippen LogP contribution in [0.15, 0.2) is 54.7 Å². The van der Waals surface area contributed by atoms with Gasteiger partial charge in [-0.2, -0.15) is 21.6 Å². The highest BCUT2D eigenvalue weighted by molar-refractivity contribution is 7.86. The first-order valence-corrected chi connectivity index (χ1v) is 9.28. The average molecular weight is 400 g/mol. The fraction of sp³-hybridized carbons (Fsp3) is 0.222. The number of hydrogen-bond acceptors (Lipinski definition) is 3. The highest BCUT2D eigenvalue weighted by Crippen LogP contribution is 2.31. The topological polar surface area (TPSA) is 62.5 Å². The molecule has 0 amide bonds. The predicted molar refractivity (Wildman–Crippen MR) is 99.7 cm³/mol. The molecule has 0 saturated carbocycles. The SMILES string of the molecule is CN1CC=C(C=Cc2cccn2C)c2ccccc21.O=S(=O)(O)C(F)(F)F. The minimum absolute atomic E-state index is 0.962. The first kappa shape index (κ1) is 20.8. The van der Waals surface area contributed by atoms with E-state index in [0.717, 1.165) is 6.54 Å². The van der Waals surface area contributed by atoms with Crippen LogP contribution in [0.25, 0.3) is 11.6 Å². The van der Waals surface area contributed by atoms with Crippen molar-refractivity contribution in [2.24, 2.45) is 7.05 Å². The summed E-state index contributed by atoms with van der Waals surface area (Å²) in [5.74, 6) is 0. The minimum atomic E-state index is -5.84. The summed E-state index contributed by atoms with van der Waals surface area (Å²) in [7, 11) is -1.64. The van der Waals surface area contributed by atoms with Crippen LogP contribution in [0, 0.1) is 0 Å². The third-order valence-electron chi connectivity index (χ3n) is 3.92. The number of likely N-dealkylation sites (N-methyl/N-ethyl adjacent to an activating group) is 1. The maximum atomic E-state index is 10.7. The van der Waals surface area contributed by atoms with Crippen LogP contribution in [0.1, 0.15) is 11.3 Å². The third-order valence-corrected chi connectivity index (χ3v) is 4.51. The molecule has 1 N–H and O–H groups in total. The number of para-hydroxylation sites is 1. The Morgan fingerprint density at radius 1 is 1.07 bits per heavy atom. The number of halogens is 3. The normalized spacial score (nSPS) is 14.4. The molecule has 0 bridgehead atoms. The van der Waals surface area contributed by atoms with Crippen LogP contribution in [-0.4, -0.2) is 36.6 Å². The van der Waals surface area contributed by atoms with Gasteiger partial charge >= 0.3 is 15.6 Å². The third kappa shape index (κ3) is 5.24. The van der Waals surface area contributed by atoms with Crippen molar-refractivity contribution in [2.75, 3.05) is 18.5 Å². The van der Waals surface area contributed by atoms with Crippen molar-refractivity contribution >= 4 is 27.5 Å². The Bertz CT molecular complexity index is 960. The Hall–Kier alpha value is -2.52. The number of alkyl halides is 3. The monoisotopic (exact) mass is 400 g/mol. The number of aromatic nitrogens is 1. The van der Waals surface area contributed by atoms with Crippen LogP contribution in [0.3, 0.4) is 0 Å². The van der Waals surface area contributed by atoms with Gasteiger partial charge in [-0.3, -0.25) is 4.55 Å². The molecule has 0 spiro atoms. The van der Waals surface area contributed by atoms with Gasteiger partial charge in [0.1, 0.15) is 0 Å². The van der Waals surface area contributed by atoms with Crippen molar-refractivity contribution in [3.63, 3.8) is 0 Å². The van der Waals surface area contributed by atoms with Gasteiger partial charge in [0.2, 0.25) is 0 Å². The summed E-state index contributed by atoms with van der Waals surface area (Å²) in [6, 6.07) is 12.8. The van der Waals surface area contributed by atoms with E-state index in [2.05, 4.69) is 84.4 Å². The highest BCUT2D eigenvalue weighted by atomic mass is 32.2. The lowest BCUT2D eigenvalue weighted by atomic mass is 9.99. The number of benzene rings is 1. The zero-order valence-corrected chi connectivity index (χ0v) is 15.5. The molecule has 0 saturated heterocycles. The van der Waals surface area contributed by atoms with E-state index >= 15 is 0 Å². The average Bonchev–Trinajstić information content (AvgIpc) is 2.98. The zero-order valence-electron chi connectivity index (χ0n) is 14.7. The van der Waals surface area contributed by atoms with E-state index in [4.69, 9.17) is 13.0 Å². The van der Waals surface area contributed by atoms with Gasteiger partial charge < -0.3 is 9.47 Å². The molecule has 0 atom stereocenters. The standard InChI is InChI=1S/C17H18N2.CHF3O3S/c1-18-12-5-6-15(18)10-9-14-11-13-19(2)17-8-4-3-7-16(14)17;2-1(3,4)8(5,6)7/h3-12H,13H2,1-2H3;(H,5,6,7). The zero-order chi connectivity index (χ0) is 20.2. The molecule has 0 radical (unpaired) electrons. The number of allylic oxidation sites excluding steroid dienone is 2. The number of fused-ring (bicyclic) bond motifs is 1. The largest absolute Gasteiger partial charge is 0.522 e. The molecule has 1 aromatic heterocycles. The highest BCUT2D eigenvalue weighted by Gasteiger charge is 2.44. The van der Waals surface area contributed by atoms with Gasteiger partial charge in [0.05, 0.1) is 0 Å². The van der Waals surface area contributed by atoms with Gasteiger partial charge in [-0.15, -0.1) is 0 Å². The fourth-order valence-electron chi connectivity index (χ4n) is 2.47. The summed E-state index contributed by atoms with van der Waals surface area (Å²) in [4.78, 5) is 2.27. The van der Waals surface area contributed by atoms with Gasteiger partial charge in [0.15, 0.2) is 0 Å². The molecule has 2 heterocycles. The Balaban J connectivity index is 0.000000279. The van der Waals surface area contributed by atoms with Crippen LogP contribution in [0.5, 0.6) is 0 Å². The second kappa shape index (κ2) is 8.01. The Kier molecular flexibility index (Phi) is 6.17. The molecular formula is C18H19F3N2O3S. The van der Waals surface area contributed by atoms with Gasteiger partial charge in [-0.1, -0.05) is 30.4 Å². The molecule has 9 heteroatoms. The fourth-order valence-corrected chi connectivity index (χ4v) is 2.47. The number of nitrogens with zero attached hydrogens (tertiary/aromatic N) is 2. The quantitative estimate of drug-likeness (QED) is 0.612. The van der Waals surface area contributed by atoms with Crippen LogP contribution in [-0.2, 0) is 17.2 Å². The molecule has 0 unspecified atom stereocenters. The molecule has 27 heavy (non-hydrogen) atoms. The molecule has 146 valence electrons. The van der Waals surface area contributed by atoms with Gasteiger partial charge in [0, 0.05) is 43.8 Å². The lowest BCUT2D eigenvalue weighted by Crippen LogP contribution is -2.21. The van der Waals surface area contributed by atoms with Crippen LogP contribution >= 0.6 is 0 Å². The van der Waals surface area contributed by atoms with Crippen molar-refractivity contribution in [2.45, 2.75) is 5.51 Å². The summed E-state index contributed by atoms with van der Waals surface area (Å²) in [6.45, 7) is 0.962. The molecular weight excluding hydrogens is 381 g/mol. The van der Waals surface area contributed by atoms with E-state index in [1.807, 2.05) is 0 Å². The van der Waals surface area contributed by atoms with E-state index < -0.39 is 15.6 Å². The molecule has 5 nitrogen and oxygen atoms in total. The second-order valence-electron chi connectivity index (χ2n) is 5.86. The van der Waals surface area contributed by atoms with E-state index in [1.165, 1.54) is 22.5 Å². The Labute approximate surface area is 155 Å². The van der Waals surface area contributed by atoms with Crippen LogP contribution in [0.4, 0.5) is 18.9 Å². The molecule has 0 fully saturated rings. The van der Waals surface area contributed by atoms with Crippen molar-refractivity contribution < 1.29 is 26.1 Å². The van der Waals surface area contributed by atoms with E-state index in [1.54, 1.807) is 0 Å². The van der Waals surface area contributed by atoms with Crippen molar-refractivity contribution in [1.82, 2.24) is 4.57 Å². The summed E-state index contributed by atoms with van der Waals surface area (Å²) >= 11 is 0. The lowest BCUT2D eigenvalue weighted by Gasteiger charge is -2.26. The number of hydrogen-bond donors (Lipinski definition) is 1. The number of anilines is 1. The van der Waals surface area contributed by atoms with E-state index in [9.17, 15) is 13.2 Å². The molecule has 1 aliphatic rings. The Morgan fingerprint density at radius 3 is 2.26 bits per heavy atom. The second-order valence-corrected chi connectivity index (χ2v) is 7.27. The first-order valence-electron chi connectivity index (χ1n) is 7.84. The maximum Gasteiger partial charge on any atom is 0.522 e.